The molecule has 1 rings (SSSR count). The van der Waals surface area contributed by atoms with E-state index in [4.69, 9.17) is 22.2 Å². The molecule has 0 saturated heterocycles. The largest absolute Gasteiger partial charge is 0.495 e. The first-order valence-electron chi connectivity index (χ1n) is 3.24. The highest BCUT2D eigenvalue weighted by Crippen LogP contribution is 2.28. The summed E-state index contributed by atoms with van der Waals surface area (Å²) in [5.74, 6) is 5.78. The molecule has 0 heterocycles. The molecule has 0 aromatic heterocycles. The van der Waals surface area contributed by atoms with E-state index in [-0.39, 0.29) is 0 Å². The fourth-order valence-corrected chi connectivity index (χ4v) is 1.55. The summed E-state index contributed by atoms with van der Waals surface area (Å²) in [6, 6.07) is 5.45. The van der Waals surface area contributed by atoms with Crippen molar-refractivity contribution >= 4 is 23.5 Å². The van der Waals surface area contributed by atoms with Gasteiger partial charge in [0.05, 0.1) is 12.1 Å². The fraction of sp³-hybridized carbons (Fsp3) is 0.143. The average Bonchev–Trinajstić information content (AvgIpc) is 2.05. The lowest BCUT2D eigenvalue weighted by molar-refractivity contribution is 0.414. The first kappa shape index (κ1) is 9.67. The molecule has 1 aromatic rings. The molecule has 0 aliphatic carbocycles. The molecule has 0 fully saturated rings. The number of nitrogens with two attached hydrogens (primary N) is 1. The monoisotopic (exact) mass is 204 g/mol. The van der Waals surface area contributed by atoms with Crippen LogP contribution in [0.5, 0.6) is 5.75 Å². The molecule has 0 bridgehead atoms. The van der Waals surface area contributed by atoms with Gasteiger partial charge in [0.1, 0.15) is 5.75 Å². The Kier molecular flexibility index (Phi) is 3.68. The standard InChI is InChI=1S/C7H9ClN2OS/c1-11-7-3-2-5(12-10-9)4-6(7)8/h2-4,10H,9H2,1H3. The maximum absolute atomic E-state index is 5.86. The molecule has 0 saturated carbocycles. The highest BCUT2D eigenvalue weighted by atomic mass is 35.5. The SMILES string of the molecule is COc1ccc(SNN)cc1Cl. The third-order valence-corrected chi connectivity index (χ3v) is 2.20. The van der Waals surface area contributed by atoms with Gasteiger partial charge >= 0.3 is 0 Å². The molecular weight excluding hydrogens is 196 g/mol. The highest BCUT2D eigenvalue weighted by molar-refractivity contribution is 7.97. The second-order valence-corrected chi connectivity index (χ2v) is 3.33. The van der Waals surface area contributed by atoms with Crippen LogP contribution in [0.2, 0.25) is 5.02 Å². The number of benzene rings is 1. The van der Waals surface area contributed by atoms with Gasteiger partial charge in [0.2, 0.25) is 0 Å². The molecule has 5 heteroatoms. The topological polar surface area (TPSA) is 47.3 Å². The van der Waals surface area contributed by atoms with Crippen molar-refractivity contribution in [1.29, 1.82) is 0 Å². The Balaban J connectivity index is 2.86. The number of hydrogen-bond donors (Lipinski definition) is 2. The molecule has 1 aromatic carbocycles. The van der Waals surface area contributed by atoms with Crippen LogP contribution in [0, 0.1) is 0 Å². The van der Waals surface area contributed by atoms with Crippen LogP contribution < -0.4 is 15.4 Å². The number of methoxy groups -OCH3 is 1. The van der Waals surface area contributed by atoms with E-state index in [0.29, 0.717) is 10.8 Å². The van der Waals surface area contributed by atoms with Crippen molar-refractivity contribution in [2.45, 2.75) is 4.90 Å². The molecule has 66 valence electrons. The van der Waals surface area contributed by atoms with Crippen molar-refractivity contribution in [3.8, 4) is 5.75 Å². The Bertz CT molecular complexity index is 270. The molecule has 12 heavy (non-hydrogen) atoms. The van der Waals surface area contributed by atoms with E-state index in [1.807, 2.05) is 6.07 Å². The number of rotatable bonds is 3. The number of hydrogen-bond acceptors (Lipinski definition) is 4. The van der Waals surface area contributed by atoms with Crippen LogP contribution in [0.25, 0.3) is 0 Å². The van der Waals surface area contributed by atoms with E-state index in [2.05, 4.69) is 4.83 Å². The second-order valence-electron chi connectivity index (χ2n) is 2.02. The average molecular weight is 205 g/mol. The first-order valence-corrected chi connectivity index (χ1v) is 4.43. The minimum absolute atomic E-state index is 0.581. The van der Waals surface area contributed by atoms with Gasteiger partial charge in [0, 0.05) is 4.90 Å². The molecule has 0 unspecified atom stereocenters. The normalized spacial score (nSPS) is 9.92. The van der Waals surface area contributed by atoms with Crippen LogP contribution in [0.1, 0.15) is 0 Å². The summed E-state index contributed by atoms with van der Waals surface area (Å²) in [5, 5.41) is 0.581. The summed E-state index contributed by atoms with van der Waals surface area (Å²) in [4.78, 5) is 3.41. The molecular formula is C7H9ClN2OS. The van der Waals surface area contributed by atoms with E-state index in [1.165, 1.54) is 11.9 Å². The number of hydrazine groups is 1. The third kappa shape index (κ3) is 2.28. The van der Waals surface area contributed by atoms with Crippen molar-refractivity contribution < 1.29 is 4.74 Å². The molecule has 0 spiro atoms. The lowest BCUT2D eigenvalue weighted by Gasteiger charge is -2.04. The molecule has 0 radical (unpaired) electrons. The van der Waals surface area contributed by atoms with Gasteiger partial charge in [-0.3, -0.25) is 5.84 Å². The summed E-state index contributed by atoms with van der Waals surface area (Å²) < 4.78 is 4.99. The minimum Gasteiger partial charge on any atom is -0.495 e. The zero-order valence-corrected chi connectivity index (χ0v) is 8.08. The van der Waals surface area contributed by atoms with Crippen LogP contribution in [0.3, 0.4) is 0 Å². The van der Waals surface area contributed by atoms with E-state index < -0.39 is 0 Å². The summed E-state index contributed by atoms with van der Waals surface area (Å²) in [5.41, 5.74) is 0. The lowest BCUT2D eigenvalue weighted by atomic mass is 10.3. The number of nitrogens with one attached hydrogen (secondary N) is 1. The van der Waals surface area contributed by atoms with Crippen molar-refractivity contribution in [1.82, 2.24) is 4.83 Å². The molecule has 0 amide bonds. The Hall–Kier alpha value is -0.420. The van der Waals surface area contributed by atoms with Gasteiger partial charge in [-0.25, -0.2) is 0 Å². The predicted octanol–water partition coefficient (Wildman–Crippen LogP) is 1.82. The third-order valence-electron chi connectivity index (χ3n) is 1.30. The van der Waals surface area contributed by atoms with E-state index in [0.717, 1.165) is 4.90 Å². The van der Waals surface area contributed by atoms with Gasteiger partial charge in [-0.15, -0.1) is 0 Å². The van der Waals surface area contributed by atoms with Crippen molar-refractivity contribution in [3.63, 3.8) is 0 Å². The Morgan fingerprint density at radius 1 is 1.58 bits per heavy atom. The van der Waals surface area contributed by atoms with Crippen molar-refractivity contribution in [3.05, 3.63) is 23.2 Å². The molecule has 0 aliphatic heterocycles. The Morgan fingerprint density at radius 3 is 2.83 bits per heavy atom. The highest BCUT2D eigenvalue weighted by Gasteiger charge is 2.00. The molecule has 0 atom stereocenters. The van der Waals surface area contributed by atoms with Gasteiger partial charge in [0.15, 0.2) is 0 Å². The Labute approximate surface area is 80.3 Å². The summed E-state index contributed by atoms with van der Waals surface area (Å²) in [7, 11) is 1.58. The van der Waals surface area contributed by atoms with Gasteiger partial charge in [-0.2, -0.15) is 4.83 Å². The number of ether oxygens (including phenoxy) is 1. The van der Waals surface area contributed by atoms with Gasteiger partial charge in [-0.05, 0) is 30.1 Å². The molecule has 3 nitrogen and oxygen atoms in total. The van der Waals surface area contributed by atoms with Crippen molar-refractivity contribution in [2.24, 2.45) is 5.84 Å². The van der Waals surface area contributed by atoms with Crippen LogP contribution in [-0.4, -0.2) is 7.11 Å². The summed E-state index contributed by atoms with van der Waals surface area (Å²) in [6.07, 6.45) is 0. The minimum atomic E-state index is 0.581. The van der Waals surface area contributed by atoms with Gasteiger partial charge in [0.25, 0.3) is 0 Å². The smallest absolute Gasteiger partial charge is 0.137 e. The summed E-state index contributed by atoms with van der Waals surface area (Å²) in [6.45, 7) is 0. The van der Waals surface area contributed by atoms with Crippen molar-refractivity contribution in [2.75, 3.05) is 7.11 Å². The fourth-order valence-electron chi connectivity index (χ4n) is 0.779. The maximum Gasteiger partial charge on any atom is 0.137 e. The zero-order valence-electron chi connectivity index (χ0n) is 6.50. The lowest BCUT2D eigenvalue weighted by Crippen LogP contribution is -2.10. The van der Waals surface area contributed by atoms with Crippen LogP contribution >= 0.6 is 23.5 Å². The van der Waals surface area contributed by atoms with Crippen LogP contribution in [0.4, 0.5) is 0 Å². The zero-order chi connectivity index (χ0) is 8.97. The first-order chi connectivity index (χ1) is 5.77. The Morgan fingerprint density at radius 2 is 2.33 bits per heavy atom. The quantitative estimate of drug-likeness (QED) is 0.448. The van der Waals surface area contributed by atoms with E-state index >= 15 is 0 Å². The van der Waals surface area contributed by atoms with E-state index in [9.17, 15) is 0 Å². The number of halogens is 1. The maximum atomic E-state index is 5.86. The second kappa shape index (κ2) is 4.57. The van der Waals surface area contributed by atoms with Gasteiger partial charge in [-0.1, -0.05) is 11.6 Å². The van der Waals surface area contributed by atoms with Crippen LogP contribution in [0.15, 0.2) is 23.1 Å². The van der Waals surface area contributed by atoms with E-state index in [1.54, 1.807) is 19.2 Å². The molecule has 0 aliphatic rings. The van der Waals surface area contributed by atoms with Gasteiger partial charge < -0.3 is 4.74 Å². The summed E-state index contributed by atoms with van der Waals surface area (Å²) >= 11 is 7.15. The molecule has 3 N–H and O–H groups in total. The van der Waals surface area contributed by atoms with Crippen LogP contribution in [-0.2, 0) is 0 Å². The predicted molar refractivity (Wildman–Crippen MR) is 51.2 cm³/mol.